The minimum absolute atomic E-state index is 0.649. The third-order valence-corrected chi connectivity index (χ3v) is 2.06. The van der Waals surface area contributed by atoms with Crippen LogP contribution in [0.2, 0.25) is 0 Å². The Hall–Kier alpha value is -1.84. The first-order valence-corrected chi connectivity index (χ1v) is 4.52. The van der Waals surface area contributed by atoms with Gasteiger partial charge >= 0.3 is 0 Å². The molecule has 0 radical (unpaired) electrons. The Balaban J connectivity index is 2.51. The van der Waals surface area contributed by atoms with E-state index in [9.17, 15) is 4.79 Å². The molecule has 0 bridgehead atoms. The molecule has 2 aromatic heterocycles. The van der Waals surface area contributed by atoms with Gasteiger partial charge in [-0.3, -0.25) is 4.79 Å². The largest absolute Gasteiger partial charge is 0.370 e. The Labute approximate surface area is 81.3 Å². The maximum atomic E-state index is 10.6. The number of hydrogen-bond donors (Lipinski definition) is 2. The Morgan fingerprint density at radius 2 is 2.43 bits per heavy atom. The number of carbonyl (C=O) groups excluding carboxylic acids is 1. The van der Waals surface area contributed by atoms with Crippen LogP contribution >= 0.6 is 0 Å². The number of pyridine rings is 1. The number of anilines is 1. The molecule has 0 fully saturated rings. The molecule has 0 spiro atoms. The van der Waals surface area contributed by atoms with Crippen molar-refractivity contribution in [1.82, 2.24) is 9.97 Å². The van der Waals surface area contributed by atoms with E-state index < -0.39 is 0 Å². The molecule has 72 valence electrons. The molecule has 0 aromatic carbocycles. The summed E-state index contributed by atoms with van der Waals surface area (Å²) in [7, 11) is 0. The van der Waals surface area contributed by atoms with Crippen LogP contribution in [0, 0.1) is 0 Å². The fourth-order valence-corrected chi connectivity index (χ4v) is 1.40. The van der Waals surface area contributed by atoms with E-state index in [0.717, 1.165) is 29.7 Å². The predicted molar refractivity (Wildman–Crippen MR) is 55.6 cm³/mol. The summed E-state index contributed by atoms with van der Waals surface area (Å²) < 4.78 is 0. The Kier molecular flexibility index (Phi) is 2.18. The standard InChI is InChI=1S/C10H11N3O/c1-2-11-9-4-3-8-7(6-14)5-12-10(8)13-9/h3-6H,2H2,1H3,(H2,11,12,13). The molecule has 0 aliphatic carbocycles. The molecule has 0 aliphatic heterocycles. The first kappa shape index (κ1) is 8.74. The van der Waals surface area contributed by atoms with E-state index in [-0.39, 0.29) is 0 Å². The summed E-state index contributed by atoms with van der Waals surface area (Å²) in [5.74, 6) is 0.819. The van der Waals surface area contributed by atoms with E-state index in [4.69, 9.17) is 0 Å². The number of rotatable bonds is 3. The highest BCUT2D eigenvalue weighted by atomic mass is 16.1. The second-order valence-corrected chi connectivity index (χ2v) is 2.98. The summed E-state index contributed by atoms with van der Waals surface area (Å²) in [5.41, 5.74) is 1.39. The van der Waals surface area contributed by atoms with Crippen molar-refractivity contribution in [3.63, 3.8) is 0 Å². The van der Waals surface area contributed by atoms with Crippen molar-refractivity contribution in [3.8, 4) is 0 Å². The van der Waals surface area contributed by atoms with Crippen LogP contribution in [0.1, 0.15) is 17.3 Å². The smallest absolute Gasteiger partial charge is 0.152 e. The lowest BCUT2D eigenvalue weighted by Gasteiger charge is -2.00. The number of nitrogens with one attached hydrogen (secondary N) is 2. The van der Waals surface area contributed by atoms with Gasteiger partial charge in [-0.05, 0) is 19.1 Å². The number of H-pyrrole nitrogens is 1. The zero-order valence-corrected chi connectivity index (χ0v) is 7.87. The Morgan fingerprint density at radius 1 is 1.57 bits per heavy atom. The zero-order chi connectivity index (χ0) is 9.97. The van der Waals surface area contributed by atoms with Gasteiger partial charge in [0, 0.05) is 23.7 Å². The van der Waals surface area contributed by atoms with E-state index in [1.165, 1.54) is 0 Å². The number of aromatic nitrogens is 2. The molecule has 0 atom stereocenters. The monoisotopic (exact) mass is 189 g/mol. The summed E-state index contributed by atoms with van der Waals surface area (Å²) in [4.78, 5) is 17.9. The van der Waals surface area contributed by atoms with Gasteiger partial charge in [0.2, 0.25) is 0 Å². The average molecular weight is 189 g/mol. The summed E-state index contributed by atoms with van der Waals surface area (Å²) in [6, 6.07) is 3.76. The number of hydrogen-bond acceptors (Lipinski definition) is 3. The van der Waals surface area contributed by atoms with Gasteiger partial charge in [0.15, 0.2) is 6.29 Å². The van der Waals surface area contributed by atoms with Gasteiger partial charge in [-0.2, -0.15) is 0 Å². The molecule has 2 aromatic rings. The molecule has 0 saturated carbocycles. The van der Waals surface area contributed by atoms with Gasteiger partial charge in [0.05, 0.1) is 0 Å². The minimum atomic E-state index is 0.649. The van der Waals surface area contributed by atoms with Crippen LogP contribution in [0.4, 0.5) is 5.82 Å². The third-order valence-electron chi connectivity index (χ3n) is 2.06. The quantitative estimate of drug-likeness (QED) is 0.724. The first-order valence-electron chi connectivity index (χ1n) is 4.52. The van der Waals surface area contributed by atoms with Crippen LogP contribution in [0.3, 0.4) is 0 Å². The third kappa shape index (κ3) is 1.35. The molecule has 2 N–H and O–H groups in total. The summed E-state index contributed by atoms with van der Waals surface area (Å²) in [6.45, 7) is 2.84. The lowest BCUT2D eigenvalue weighted by Crippen LogP contribution is -1.98. The van der Waals surface area contributed by atoms with E-state index in [0.29, 0.717) is 5.56 Å². The van der Waals surface area contributed by atoms with Gasteiger partial charge in [0.25, 0.3) is 0 Å². The van der Waals surface area contributed by atoms with E-state index in [2.05, 4.69) is 15.3 Å². The van der Waals surface area contributed by atoms with Gasteiger partial charge in [-0.15, -0.1) is 0 Å². The van der Waals surface area contributed by atoms with Crippen LogP contribution in [0.25, 0.3) is 11.0 Å². The summed E-state index contributed by atoms with van der Waals surface area (Å²) in [5, 5.41) is 3.97. The van der Waals surface area contributed by atoms with Crippen molar-refractivity contribution in [2.24, 2.45) is 0 Å². The summed E-state index contributed by atoms with van der Waals surface area (Å²) >= 11 is 0. The molecule has 0 amide bonds. The van der Waals surface area contributed by atoms with Crippen LogP contribution in [0.15, 0.2) is 18.3 Å². The molecule has 0 unspecified atom stereocenters. The Morgan fingerprint density at radius 3 is 3.14 bits per heavy atom. The summed E-state index contributed by atoms with van der Waals surface area (Å²) in [6.07, 6.45) is 2.49. The van der Waals surface area contributed by atoms with Crippen molar-refractivity contribution in [2.45, 2.75) is 6.92 Å². The zero-order valence-electron chi connectivity index (χ0n) is 7.87. The molecule has 4 nitrogen and oxygen atoms in total. The molecule has 2 rings (SSSR count). The number of fused-ring (bicyclic) bond motifs is 1. The maximum absolute atomic E-state index is 10.6. The highest BCUT2D eigenvalue weighted by molar-refractivity contribution is 5.96. The molecule has 2 heterocycles. The van der Waals surface area contributed by atoms with Crippen LogP contribution in [0.5, 0.6) is 0 Å². The fourth-order valence-electron chi connectivity index (χ4n) is 1.40. The SMILES string of the molecule is CCNc1ccc2c(C=O)c[nH]c2n1. The highest BCUT2D eigenvalue weighted by Crippen LogP contribution is 2.16. The van der Waals surface area contributed by atoms with E-state index >= 15 is 0 Å². The van der Waals surface area contributed by atoms with E-state index in [1.54, 1.807) is 6.20 Å². The minimum Gasteiger partial charge on any atom is -0.370 e. The van der Waals surface area contributed by atoms with Crippen LogP contribution in [-0.4, -0.2) is 22.8 Å². The van der Waals surface area contributed by atoms with Crippen molar-refractivity contribution < 1.29 is 4.79 Å². The van der Waals surface area contributed by atoms with Gasteiger partial charge in [-0.1, -0.05) is 0 Å². The predicted octanol–water partition coefficient (Wildman–Crippen LogP) is 1.81. The van der Waals surface area contributed by atoms with Gasteiger partial charge < -0.3 is 10.3 Å². The van der Waals surface area contributed by atoms with Gasteiger partial charge in [-0.25, -0.2) is 4.98 Å². The number of nitrogens with zero attached hydrogens (tertiary/aromatic N) is 1. The lowest BCUT2D eigenvalue weighted by molar-refractivity contribution is 0.112. The van der Waals surface area contributed by atoms with E-state index in [1.807, 2.05) is 19.1 Å². The van der Waals surface area contributed by atoms with Crippen LogP contribution in [-0.2, 0) is 0 Å². The number of carbonyl (C=O) groups is 1. The number of aldehydes is 1. The normalized spacial score (nSPS) is 10.4. The maximum Gasteiger partial charge on any atom is 0.152 e. The van der Waals surface area contributed by atoms with Crippen molar-refractivity contribution >= 4 is 23.1 Å². The highest BCUT2D eigenvalue weighted by Gasteiger charge is 2.03. The number of aromatic amines is 1. The topological polar surface area (TPSA) is 57.8 Å². The van der Waals surface area contributed by atoms with Crippen molar-refractivity contribution in [2.75, 3.05) is 11.9 Å². The second kappa shape index (κ2) is 3.49. The van der Waals surface area contributed by atoms with Crippen LogP contribution < -0.4 is 5.32 Å². The molecule has 4 heteroatoms. The fraction of sp³-hybridized carbons (Fsp3) is 0.200. The first-order chi connectivity index (χ1) is 6.85. The van der Waals surface area contributed by atoms with Gasteiger partial charge in [0.1, 0.15) is 11.5 Å². The molecule has 14 heavy (non-hydrogen) atoms. The van der Waals surface area contributed by atoms with Crippen molar-refractivity contribution in [1.29, 1.82) is 0 Å². The molecule has 0 saturated heterocycles. The van der Waals surface area contributed by atoms with Crippen molar-refractivity contribution in [3.05, 3.63) is 23.9 Å². The Bertz CT molecular complexity index is 461. The molecular weight excluding hydrogens is 178 g/mol. The lowest BCUT2D eigenvalue weighted by atomic mass is 10.2. The second-order valence-electron chi connectivity index (χ2n) is 2.98. The molecular formula is C10H11N3O. The average Bonchev–Trinajstić information content (AvgIpc) is 2.60. The molecule has 0 aliphatic rings.